The lowest BCUT2D eigenvalue weighted by molar-refractivity contribution is -0.122. The van der Waals surface area contributed by atoms with Crippen LogP contribution in [0.5, 0.6) is 0 Å². The Morgan fingerprint density at radius 2 is 1.84 bits per heavy atom. The Hall–Kier alpha value is -1.43. The molecule has 2 aliphatic rings. The fourth-order valence-electron chi connectivity index (χ4n) is 4.28. The minimum Gasteiger partial charge on any atom is -0.327 e. The predicted octanol–water partition coefficient (Wildman–Crippen LogP) is 4.32. The minimum absolute atomic E-state index is 0. The Balaban J connectivity index is 0.00000182. The highest BCUT2D eigenvalue weighted by Gasteiger charge is 2.40. The second kappa shape index (κ2) is 7.85. The van der Waals surface area contributed by atoms with E-state index < -0.39 is 0 Å². The maximum absolute atomic E-state index is 12.7. The van der Waals surface area contributed by atoms with Crippen LogP contribution in [0, 0.1) is 17.8 Å². The van der Waals surface area contributed by atoms with Gasteiger partial charge in [0.2, 0.25) is 5.91 Å². The molecule has 4 nitrogen and oxygen atoms in total. The Bertz CT molecular complexity index is 706. The number of hydrogen-bond acceptors (Lipinski definition) is 4. The first-order chi connectivity index (χ1) is 11.7. The summed E-state index contributed by atoms with van der Waals surface area (Å²) in [6.07, 6.45) is 7.32. The van der Waals surface area contributed by atoms with Crippen molar-refractivity contribution >= 4 is 34.8 Å². The van der Waals surface area contributed by atoms with Gasteiger partial charge in [-0.15, -0.1) is 12.4 Å². The lowest BCUT2D eigenvalue weighted by Gasteiger charge is -2.43. The fraction of sp³-hybridized carbons (Fsp3) is 0.474. The van der Waals surface area contributed by atoms with Crippen LogP contribution in [0.4, 0.5) is 5.13 Å². The van der Waals surface area contributed by atoms with Crippen molar-refractivity contribution in [2.75, 3.05) is 5.32 Å². The highest BCUT2D eigenvalue weighted by Crippen LogP contribution is 2.42. The SMILES string of the molecule is Cl.NC1C2CCCC1CC(C(=O)Nc1ncc(-c3ccccc3)s1)C2. The summed E-state index contributed by atoms with van der Waals surface area (Å²) in [5.41, 5.74) is 7.46. The second-order valence-corrected chi connectivity index (χ2v) is 8.11. The Morgan fingerprint density at radius 3 is 2.52 bits per heavy atom. The normalized spacial score (nSPS) is 28.0. The van der Waals surface area contributed by atoms with E-state index in [1.54, 1.807) is 0 Å². The molecule has 1 aromatic carbocycles. The third kappa shape index (κ3) is 3.89. The molecule has 2 aliphatic carbocycles. The van der Waals surface area contributed by atoms with Gasteiger partial charge in [0.1, 0.15) is 0 Å². The Labute approximate surface area is 158 Å². The van der Waals surface area contributed by atoms with E-state index in [4.69, 9.17) is 5.73 Å². The van der Waals surface area contributed by atoms with Crippen molar-refractivity contribution in [3.63, 3.8) is 0 Å². The molecule has 2 fully saturated rings. The van der Waals surface area contributed by atoms with Gasteiger partial charge >= 0.3 is 0 Å². The molecule has 25 heavy (non-hydrogen) atoms. The summed E-state index contributed by atoms with van der Waals surface area (Å²) in [7, 11) is 0. The van der Waals surface area contributed by atoms with Gasteiger partial charge in [-0.1, -0.05) is 48.1 Å². The van der Waals surface area contributed by atoms with E-state index in [0.717, 1.165) is 23.3 Å². The largest absolute Gasteiger partial charge is 0.327 e. The van der Waals surface area contributed by atoms with Gasteiger partial charge in [0.15, 0.2) is 5.13 Å². The molecule has 2 saturated carbocycles. The number of fused-ring (bicyclic) bond motifs is 2. The van der Waals surface area contributed by atoms with Gasteiger partial charge in [-0.05, 0) is 43.1 Å². The molecule has 4 rings (SSSR count). The number of amides is 1. The highest BCUT2D eigenvalue weighted by atomic mass is 35.5. The van der Waals surface area contributed by atoms with Gasteiger partial charge in [-0.25, -0.2) is 4.98 Å². The Morgan fingerprint density at radius 1 is 1.16 bits per heavy atom. The summed E-state index contributed by atoms with van der Waals surface area (Å²) in [6, 6.07) is 10.4. The van der Waals surface area contributed by atoms with Crippen molar-refractivity contribution in [2.45, 2.75) is 38.1 Å². The molecule has 2 bridgehead atoms. The number of benzene rings is 1. The summed E-state index contributed by atoms with van der Waals surface area (Å²) in [5, 5.41) is 3.73. The average Bonchev–Trinajstić information content (AvgIpc) is 3.04. The van der Waals surface area contributed by atoms with Crippen LogP contribution in [0.1, 0.15) is 32.1 Å². The number of halogens is 1. The monoisotopic (exact) mass is 377 g/mol. The van der Waals surface area contributed by atoms with E-state index in [0.29, 0.717) is 23.0 Å². The van der Waals surface area contributed by atoms with Gasteiger partial charge in [0.25, 0.3) is 0 Å². The van der Waals surface area contributed by atoms with Crippen molar-refractivity contribution in [2.24, 2.45) is 23.5 Å². The zero-order valence-corrected chi connectivity index (χ0v) is 15.7. The number of thiazole rings is 1. The third-order valence-corrected chi connectivity index (χ3v) is 6.54. The highest BCUT2D eigenvalue weighted by molar-refractivity contribution is 7.19. The van der Waals surface area contributed by atoms with Crippen LogP contribution in [0.2, 0.25) is 0 Å². The lowest BCUT2D eigenvalue weighted by Crippen LogP contribution is -2.48. The maximum Gasteiger partial charge on any atom is 0.229 e. The van der Waals surface area contributed by atoms with Crippen molar-refractivity contribution in [1.29, 1.82) is 0 Å². The van der Waals surface area contributed by atoms with E-state index in [9.17, 15) is 4.79 Å². The van der Waals surface area contributed by atoms with Crippen molar-refractivity contribution in [1.82, 2.24) is 4.98 Å². The first kappa shape index (κ1) is 18.4. The summed E-state index contributed by atoms with van der Waals surface area (Å²) in [4.78, 5) is 18.1. The van der Waals surface area contributed by atoms with Gasteiger partial charge < -0.3 is 11.1 Å². The summed E-state index contributed by atoms with van der Waals surface area (Å²) in [6.45, 7) is 0. The number of rotatable bonds is 3. The van der Waals surface area contributed by atoms with E-state index in [1.165, 1.54) is 30.6 Å². The molecule has 2 aromatic rings. The van der Waals surface area contributed by atoms with E-state index in [-0.39, 0.29) is 24.2 Å². The topological polar surface area (TPSA) is 68.0 Å². The average molecular weight is 378 g/mol. The summed E-state index contributed by atoms with van der Waals surface area (Å²) < 4.78 is 0. The standard InChI is InChI=1S/C19H23N3OS.ClH/c20-17-13-7-4-8-14(17)10-15(9-13)18(23)22-19-21-11-16(24-19)12-5-2-1-3-6-12;/h1-3,5-6,11,13-15,17H,4,7-10,20H2,(H,21,22,23);1H. The van der Waals surface area contributed by atoms with Gasteiger partial charge in [-0.3, -0.25) is 4.79 Å². The van der Waals surface area contributed by atoms with Crippen LogP contribution in [-0.4, -0.2) is 16.9 Å². The number of nitrogens with one attached hydrogen (secondary N) is 1. The molecular formula is C19H24ClN3OS. The molecule has 6 heteroatoms. The van der Waals surface area contributed by atoms with Gasteiger partial charge in [0, 0.05) is 18.2 Å². The van der Waals surface area contributed by atoms with Gasteiger partial charge in [0.05, 0.1) is 4.88 Å². The molecule has 1 heterocycles. The molecule has 0 radical (unpaired) electrons. The van der Waals surface area contributed by atoms with Gasteiger partial charge in [-0.2, -0.15) is 0 Å². The predicted molar refractivity (Wildman–Crippen MR) is 105 cm³/mol. The number of nitrogens with two attached hydrogens (primary N) is 1. The quantitative estimate of drug-likeness (QED) is 0.836. The number of hydrogen-bond donors (Lipinski definition) is 2. The van der Waals surface area contributed by atoms with E-state index >= 15 is 0 Å². The van der Waals surface area contributed by atoms with Crippen LogP contribution >= 0.6 is 23.7 Å². The maximum atomic E-state index is 12.7. The zero-order chi connectivity index (χ0) is 16.5. The molecule has 0 aliphatic heterocycles. The van der Waals surface area contributed by atoms with Crippen LogP contribution in [0.25, 0.3) is 10.4 Å². The number of carbonyl (C=O) groups excluding carboxylic acids is 1. The van der Waals surface area contributed by atoms with Crippen molar-refractivity contribution in [3.05, 3.63) is 36.5 Å². The van der Waals surface area contributed by atoms with Crippen molar-refractivity contribution < 1.29 is 4.79 Å². The molecule has 0 spiro atoms. The molecule has 1 aromatic heterocycles. The second-order valence-electron chi connectivity index (χ2n) is 7.08. The number of carbonyl (C=O) groups is 1. The lowest BCUT2D eigenvalue weighted by atomic mass is 9.65. The molecule has 2 atom stereocenters. The molecule has 3 N–H and O–H groups in total. The van der Waals surface area contributed by atoms with Crippen LogP contribution < -0.4 is 11.1 Å². The van der Waals surface area contributed by atoms with Crippen LogP contribution in [-0.2, 0) is 4.79 Å². The first-order valence-corrected chi connectivity index (χ1v) is 9.60. The molecule has 1 amide bonds. The van der Waals surface area contributed by atoms with E-state index in [2.05, 4.69) is 22.4 Å². The number of aromatic nitrogens is 1. The number of anilines is 1. The van der Waals surface area contributed by atoms with E-state index in [1.807, 2.05) is 24.4 Å². The summed E-state index contributed by atoms with van der Waals surface area (Å²) in [5.74, 6) is 1.24. The fourth-order valence-corrected chi connectivity index (χ4v) is 5.10. The zero-order valence-electron chi connectivity index (χ0n) is 14.1. The van der Waals surface area contributed by atoms with Crippen LogP contribution in [0.3, 0.4) is 0 Å². The third-order valence-electron chi connectivity index (χ3n) is 5.58. The van der Waals surface area contributed by atoms with Crippen molar-refractivity contribution in [3.8, 4) is 10.4 Å². The molecule has 134 valence electrons. The minimum atomic E-state index is 0. The molecular weight excluding hydrogens is 354 g/mol. The number of nitrogens with zero attached hydrogens (tertiary/aromatic N) is 1. The smallest absolute Gasteiger partial charge is 0.229 e. The first-order valence-electron chi connectivity index (χ1n) is 8.78. The summed E-state index contributed by atoms with van der Waals surface area (Å²) >= 11 is 1.53. The molecule has 2 unspecified atom stereocenters. The van der Waals surface area contributed by atoms with Crippen LogP contribution in [0.15, 0.2) is 36.5 Å². The molecule has 0 saturated heterocycles. The Kier molecular flexibility index (Phi) is 5.77.